The number of carbonyl (C=O) groups excluding carboxylic acids is 3. The van der Waals surface area contributed by atoms with E-state index in [9.17, 15) is 14.4 Å². The second-order valence-electron chi connectivity index (χ2n) is 20.6. The van der Waals surface area contributed by atoms with Gasteiger partial charge in [-0.2, -0.15) is 0 Å². The Kier molecular flexibility index (Phi) is 57.2. The van der Waals surface area contributed by atoms with Gasteiger partial charge < -0.3 is 14.2 Å². The van der Waals surface area contributed by atoms with Gasteiger partial charge in [-0.3, -0.25) is 14.4 Å². The lowest BCUT2D eigenvalue weighted by molar-refractivity contribution is -0.167. The average molecular weight is 994 g/mol. The minimum Gasteiger partial charge on any atom is -0.462 e. The SMILES string of the molecule is CCCCC/C=C\C/C=C\C/C=C\C/C=C\CCCCCC(=O)OC[C@@H](COC(=O)CCCCCCCCCCCCCCCCCCC)OC(=O)CCCCCCCCC/C=C\CCCCCCCC. The Balaban J connectivity index is 4.42. The van der Waals surface area contributed by atoms with Crippen LogP contribution in [0.5, 0.6) is 0 Å². The van der Waals surface area contributed by atoms with Crippen molar-refractivity contribution in [2.45, 2.75) is 322 Å². The molecule has 0 bridgehead atoms. The second kappa shape index (κ2) is 59.7. The molecule has 0 aromatic rings. The number of hydrogen-bond donors (Lipinski definition) is 0. The van der Waals surface area contributed by atoms with E-state index in [0.717, 1.165) is 83.5 Å². The van der Waals surface area contributed by atoms with Crippen LogP contribution in [0, 0.1) is 0 Å². The Morgan fingerprint density at radius 3 is 0.845 bits per heavy atom. The summed E-state index contributed by atoms with van der Waals surface area (Å²) < 4.78 is 16.9. The van der Waals surface area contributed by atoms with Crippen LogP contribution in [0.1, 0.15) is 316 Å². The molecule has 0 amide bonds. The van der Waals surface area contributed by atoms with Crippen molar-refractivity contribution in [3.05, 3.63) is 60.8 Å². The molecule has 1 atom stereocenters. The summed E-state index contributed by atoms with van der Waals surface area (Å²) in [4.78, 5) is 38.3. The zero-order chi connectivity index (χ0) is 51.4. The van der Waals surface area contributed by atoms with Crippen molar-refractivity contribution in [3.8, 4) is 0 Å². The highest BCUT2D eigenvalue weighted by molar-refractivity contribution is 5.71. The molecule has 0 aliphatic heterocycles. The fraction of sp³-hybridized carbons (Fsp3) is 0.800. The highest BCUT2D eigenvalue weighted by Gasteiger charge is 2.19. The second-order valence-corrected chi connectivity index (χ2v) is 20.6. The van der Waals surface area contributed by atoms with Crippen molar-refractivity contribution in [2.75, 3.05) is 13.2 Å². The monoisotopic (exact) mass is 993 g/mol. The van der Waals surface area contributed by atoms with Crippen LogP contribution >= 0.6 is 0 Å². The van der Waals surface area contributed by atoms with Crippen LogP contribution in [0.15, 0.2) is 60.8 Å². The van der Waals surface area contributed by atoms with Crippen LogP contribution < -0.4 is 0 Å². The fourth-order valence-corrected chi connectivity index (χ4v) is 8.83. The molecule has 0 aromatic carbocycles. The first-order chi connectivity index (χ1) is 35.0. The summed E-state index contributed by atoms with van der Waals surface area (Å²) in [7, 11) is 0. The van der Waals surface area contributed by atoms with E-state index in [2.05, 4.69) is 81.5 Å². The third-order valence-corrected chi connectivity index (χ3v) is 13.5. The molecule has 0 N–H and O–H groups in total. The van der Waals surface area contributed by atoms with Gasteiger partial charge in [0.25, 0.3) is 0 Å². The lowest BCUT2D eigenvalue weighted by Crippen LogP contribution is -2.30. The Labute approximate surface area is 440 Å². The fourth-order valence-electron chi connectivity index (χ4n) is 8.83. The summed E-state index contributed by atoms with van der Waals surface area (Å²) >= 11 is 0. The topological polar surface area (TPSA) is 78.9 Å². The van der Waals surface area contributed by atoms with Crippen LogP contribution in [-0.2, 0) is 28.6 Å². The summed E-state index contributed by atoms with van der Waals surface area (Å²) in [6.07, 6.45) is 75.0. The lowest BCUT2D eigenvalue weighted by Gasteiger charge is -2.18. The predicted octanol–water partition coefficient (Wildman–Crippen LogP) is 20.8. The Morgan fingerprint density at radius 1 is 0.282 bits per heavy atom. The molecule has 0 fully saturated rings. The number of unbranched alkanes of at least 4 members (excludes halogenated alkanes) is 35. The van der Waals surface area contributed by atoms with Crippen molar-refractivity contribution in [2.24, 2.45) is 0 Å². The zero-order valence-electron chi connectivity index (χ0n) is 47.2. The van der Waals surface area contributed by atoms with Gasteiger partial charge in [0.15, 0.2) is 6.10 Å². The van der Waals surface area contributed by atoms with Crippen molar-refractivity contribution >= 4 is 17.9 Å². The lowest BCUT2D eigenvalue weighted by atomic mass is 10.0. The van der Waals surface area contributed by atoms with Gasteiger partial charge in [-0.25, -0.2) is 0 Å². The van der Waals surface area contributed by atoms with E-state index in [-0.39, 0.29) is 31.1 Å². The Bertz CT molecular complexity index is 1280. The van der Waals surface area contributed by atoms with Crippen molar-refractivity contribution < 1.29 is 28.6 Å². The molecule has 0 saturated heterocycles. The molecule has 6 nitrogen and oxygen atoms in total. The third-order valence-electron chi connectivity index (χ3n) is 13.5. The quantitative estimate of drug-likeness (QED) is 0.0261. The van der Waals surface area contributed by atoms with Crippen LogP contribution in [0.4, 0.5) is 0 Å². The van der Waals surface area contributed by atoms with Crippen LogP contribution in [-0.4, -0.2) is 37.2 Å². The van der Waals surface area contributed by atoms with E-state index >= 15 is 0 Å². The average Bonchev–Trinajstić information content (AvgIpc) is 3.37. The van der Waals surface area contributed by atoms with Gasteiger partial charge in [0.1, 0.15) is 13.2 Å². The van der Waals surface area contributed by atoms with Gasteiger partial charge in [-0.05, 0) is 89.9 Å². The molecule has 0 unspecified atom stereocenters. The smallest absolute Gasteiger partial charge is 0.306 e. The van der Waals surface area contributed by atoms with Crippen molar-refractivity contribution in [3.63, 3.8) is 0 Å². The first-order valence-corrected chi connectivity index (χ1v) is 30.8. The van der Waals surface area contributed by atoms with Crippen molar-refractivity contribution in [1.29, 1.82) is 0 Å². The summed E-state index contributed by atoms with van der Waals surface area (Å²) in [5, 5.41) is 0. The standard InChI is InChI=1S/C65H116O6/c1-4-7-10-13-16-19-22-25-28-31-32-35-37-40-43-46-49-52-55-58-64(67)70-61-62(71-65(68)59-56-53-50-47-44-41-38-34-30-27-24-21-18-15-12-9-6-3)60-69-63(66)57-54-51-48-45-42-39-36-33-29-26-23-20-17-14-11-8-5-2/h16,19,25,27-28,30,32,35,40,43,62H,4-15,17-18,20-24,26,29,31,33-34,36-39,41-42,44-61H2,1-3H3/b19-16-,28-25-,30-27-,35-32-,43-40-/t62-/m1/s1. The number of allylic oxidation sites excluding steroid dienone is 10. The maximum atomic E-state index is 12.9. The number of ether oxygens (including phenoxy) is 3. The summed E-state index contributed by atoms with van der Waals surface area (Å²) in [5.41, 5.74) is 0. The molecule has 0 aliphatic carbocycles. The van der Waals surface area contributed by atoms with Crippen molar-refractivity contribution in [1.82, 2.24) is 0 Å². The molecule has 0 heterocycles. The van der Waals surface area contributed by atoms with Gasteiger partial charge in [-0.1, -0.05) is 268 Å². The number of carbonyl (C=O) groups is 3. The first-order valence-electron chi connectivity index (χ1n) is 30.8. The number of hydrogen-bond acceptors (Lipinski definition) is 6. The van der Waals surface area contributed by atoms with E-state index in [4.69, 9.17) is 14.2 Å². The molecule has 0 radical (unpaired) electrons. The minimum atomic E-state index is -0.789. The zero-order valence-corrected chi connectivity index (χ0v) is 47.2. The molecule has 0 saturated carbocycles. The number of rotatable bonds is 56. The Morgan fingerprint density at radius 2 is 0.507 bits per heavy atom. The van der Waals surface area contributed by atoms with E-state index in [1.54, 1.807) is 0 Å². The minimum absolute atomic E-state index is 0.0832. The van der Waals surface area contributed by atoms with Gasteiger partial charge in [-0.15, -0.1) is 0 Å². The maximum Gasteiger partial charge on any atom is 0.306 e. The molecule has 6 heteroatoms. The third kappa shape index (κ3) is 57.9. The molecular weight excluding hydrogens is 877 g/mol. The normalized spacial score (nSPS) is 12.4. The number of esters is 3. The van der Waals surface area contributed by atoms with Gasteiger partial charge in [0.05, 0.1) is 0 Å². The maximum absolute atomic E-state index is 12.9. The molecule has 0 rings (SSSR count). The molecule has 0 spiro atoms. The molecule has 0 aliphatic rings. The molecule has 71 heavy (non-hydrogen) atoms. The highest BCUT2D eigenvalue weighted by atomic mass is 16.6. The van der Waals surface area contributed by atoms with E-state index in [1.807, 2.05) is 0 Å². The Hall–Kier alpha value is -2.89. The summed E-state index contributed by atoms with van der Waals surface area (Å²) in [6.45, 7) is 6.62. The van der Waals surface area contributed by atoms with Crippen LogP contribution in [0.3, 0.4) is 0 Å². The molecule has 412 valence electrons. The summed E-state index contributed by atoms with van der Waals surface area (Å²) in [5.74, 6) is -0.903. The van der Waals surface area contributed by atoms with E-state index in [1.165, 1.54) is 193 Å². The van der Waals surface area contributed by atoms with Crippen LogP contribution in [0.2, 0.25) is 0 Å². The van der Waals surface area contributed by atoms with Crippen LogP contribution in [0.25, 0.3) is 0 Å². The molecular formula is C65H116O6. The van der Waals surface area contributed by atoms with Gasteiger partial charge in [0, 0.05) is 19.3 Å². The summed E-state index contributed by atoms with van der Waals surface area (Å²) in [6, 6.07) is 0. The molecule has 0 aromatic heterocycles. The largest absolute Gasteiger partial charge is 0.462 e. The van der Waals surface area contributed by atoms with E-state index in [0.29, 0.717) is 19.3 Å². The van der Waals surface area contributed by atoms with Gasteiger partial charge in [0.2, 0.25) is 0 Å². The van der Waals surface area contributed by atoms with E-state index < -0.39 is 6.10 Å². The first kappa shape index (κ1) is 68.1. The predicted molar refractivity (Wildman–Crippen MR) is 307 cm³/mol. The highest BCUT2D eigenvalue weighted by Crippen LogP contribution is 2.16. The van der Waals surface area contributed by atoms with Gasteiger partial charge >= 0.3 is 17.9 Å².